The molecule has 24 heavy (non-hydrogen) atoms. The van der Waals surface area contributed by atoms with E-state index in [4.69, 9.17) is 4.98 Å². The summed E-state index contributed by atoms with van der Waals surface area (Å²) in [5.41, 5.74) is 3.45. The van der Waals surface area contributed by atoms with E-state index < -0.39 is 0 Å². The predicted molar refractivity (Wildman–Crippen MR) is 99.9 cm³/mol. The lowest BCUT2D eigenvalue weighted by Crippen LogP contribution is -2.13. The second-order valence-corrected chi connectivity index (χ2v) is 6.95. The smallest absolute Gasteiger partial charge is 0.256 e. The summed E-state index contributed by atoms with van der Waals surface area (Å²) in [6.07, 6.45) is 4.38. The summed E-state index contributed by atoms with van der Waals surface area (Å²) in [5.74, 6) is 0.439. The van der Waals surface area contributed by atoms with Crippen LogP contribution in [0.3, 0.4) is 0 Å². The largest absolute Gasteiger partial charge is 0.322 e. The van der Waals surface area contributed by atoms with Gasteiger partial charge in [-0.15, -0.1) is 11.8 Å². The Bertz CT molecular complexity index is 901. The predicted octanol–water partition coefficient (Wildman–Crippen LogP) is 5.09. The molecule has 0 aliphatic heterocycles. The monoisotopic (exact) mass is 334 g/mol. The van der Waals surface area contributed by atoms with Gasteiger partial charge < -0.3 is 5.32 Å². The molecule has 1 saturated carbocycles. The van der Waals surface area contributed by atoms with Crippen molar-refractivity contribution in [3.8, 4) is 0 Å². The normalized spacial score (nSPS) is 13.9. The van der Waals surface area contributed by atoms with E-state index in [0.717, 1.165) is 22.3 Å². The van der Waals surface area contributed by atoms with Gasteiger partial charge in [-0.3, -0.25) is 9.78 Å². The number of fused-ring (bicyclic) bond motifs is 1. The van der Waals surface area contributed by atoms with E-state index in [1.807, 2.05) is 60.9 Å². The lowest BCUT2D eigenvalue weighted by atomic mass is 10.1. The number of aromatic nitrogens is 1. The van der Waals surface area contributed by atoms with Crippen molar-refractivity contribution in [3.05, 3.63) is 65.9 Å². The van der Waals surface area contributed by atoms with Gasteiger partial charge in [0, 0.05) is 27.6 Å². The van der Waals surface area contributed by atoms with E-state index >= 15 is 0 Å². The maximum atomic E-state index is 12.8. The molecule has 0 bridgehead atoms. The maximum absolute atomic E-state index is 12.8. The Labute approximate surface area is 145 Å². The quantitative estimate of drug-likeness (QED) is 0.676. The minimum Gasteiger partial charge on any atom is -0.322 e. The zero-order chi connectivity index (χ0) is 16.5. The molecule has 1 aliphatic rings. The third-order valence-corrected chi connectivity index (χ3v) is 5.07. The SMILES string of the molecule is CSc1ccc(NC(=O)c2cc(C3CC3)nc3ccccc23)cc1. The molecule has 0 spiro atoms. The zero-order valence-corrected chi connectivity index (χ0v) is 14.3. The number of pyridine rings is 1. The van der Waals surface area contributed by atoms with E-state index in [1.165, 1.54) is 17.7 Å². The van der Waals surface area contributed by atoms with Gasteiger partial charge in [-0.1, -0.05) is 18.2 Å². The summed E-state index contributed by atoms with van der Waals surface area (Å²) in [6.45, 7) is 0. The Morgan fingerprint density at radius 3 is 2.58 bits per heavy atom. The number of hydrogen-bond donors (Lipinski definition) is 1. The van der Waals surface area contributed by atoms with Gasteiger partial charge in [0.25, 0.3) is 5.91 Å². The number of hydrogen-bond acceptors (Lipinski definition) is 3. The molecule has 1 fully saturated rings. The first-order chi connectivity index (χ1) is 11.7. The van der Waals surface area contributed by atoms with Gasteiger partial charge >= 0.3 is 0 Å². The van der Waals surface area contributed by atoms with Gasteiger partial charge in [0.15, 0.2) is 0 Å². The van der Waals surface area contributed by atoms with E-state index in [2.05, 4.69) is 5.32 Å². The van der Waals surface area contributed by atoms with E-state index in [9.17, 15) is 4.79 Å². The number of carbonyl (C=O) groups excluding carboxylic acids is 1. The molecule has 0 unspecified atom stereocenters. The Balaban J connectivity index is 1.69. The Morgan fingerprint density at radius 1 is 1.12 bits per heavy atom. The van der Waals surface area contributed by atoms with Crippen LogP contribution in [0.15, 0.2) is 59.5 Å². The molecule has 4 heteroatoms. The van der Waals surface area contributed by atoms with Gasteiger partial charge in [-0.2, -0.15) is 0 Å². The average molecular weight is 334 g/mol. The number of carbonyl (C=O) groups is 1. The van der Waals surface area contributed by atoms with Crippen LogP contribution in [0.1, 0.15) is 34.8 Å². The van der Waals surface area contributed by atoms with Crippen molar-refractivity contribution in [1.82, 2.24) is 4.98 Å². The fourth-order valence-electron chi connectivity index (χ4n) is 2.84. The van der Waals surface area contributed by atoms with Gasteiger partial charge in [0.1, 0.15) is 0 Å². The molecule has 1 aromatic heterocycles. The van der Waals surface area contributed by atoms with Crippen LogP contribution in [0, 0.1) is 0 Å². The van der Waals surface area contributed by atoms with Crippen molar-refractivity contribution in [2.24, 2.45) is 0 Å². The molecule has 0 saturated heterocycles. The molecule has 1 heterocycles. The summed E-state index contributed by atoms with van der Waals surface area (Å²) < 4.78 is 0. The Hall–Kier alpha value is -2.33. The van der Waals surface area contributed by atoms with Crippen LogP contribution in [0.2, 0.25) is 0 Å². The highest BCUT2D eigenvalue weighted by Gasteiger charge is 2.26. The van der Waals surface area contributed by atoms with Crippen LogP contribution in [0.5, 0.6) is 0 Å². The standard InChI is InChI=1S/C20H18N2OS/c1-24-15-10-8-14(9-11-15)21-20(23)17-12-19(13-6-7-13)22-18-5-3-2-4-16(17)18/h2-5,8-13H,6-7H2,1H3,(H,21,23). The first-order valence-electron chi connectivity index (χ1n) is 8.09. The molecule has 0 radical (unpaired) electrons. The highest BCUT2D eigenvalue weighted by Crippen LogP contribution is 2.40. The van der Waals surface area contributed by atoms with Crippen molar-refractivity contribution in [3.63, 3.8) is 0 Å². The van der Waals surface area contributed by atoms with E-state index in [0.29, 0.717) is 11.5 Å². The summed E-state index contributed by atoms with van der Waals surface area (Å²) in [6, 6.07) is 17.7. The van der Waals surface area contributed by atoms with E-state index in [1.54, 1.807) is 11.8 Å². The molecule has 2 aromatic carbocycles. The van der Waals surface area contributed by atoms with Crippen molar-refractivity contribution in [1.29, 1.82) is 0 Å². The van der Waals surface area contributed by atoms with Gasteiger partial charge in [-0.25, -0.2) is 0 Å². The number of nitrogens with one attached hydrogen (secondary N) is 1. The molecular formula is C20H18N2OS. The van der Waals surface area contributed by atoms with Crippen molar-refractivity contribution < 1.29 is 4.79 Å². The third-order valence-electron chi connectivity index (χ3n) is 4.32. The molecule has 3 nitrogen and oxygen atoms in total. The number of thioether (sulfide) groups is 1. The molecule has 4 rings (SSSR count). The number of para-hydroxylation sites is 1. The van der Waals surface area contributed by atoms with Gasteiger partial charge in [0.05, 0.1) is 11.1 Å². The molecule has 120 valence electrons. The van der Waals surface area contributed by atoms with Gasteiger partial charge in [0.2, 0.25) is 0 Å². The summed E-state index contributed by atoms with van der Waals surface area (Å²) in [4.78, 5) is 18.7. The first-order valence-corrected chi connectivity index (χ1v) is 9.32. The second kappa shape index (κ2) is 6.29. The lowest BCUT2D eigenvalue weighted by molar-refractivity contribution is 0.102. The lowest BCUT2D eigenvalue weighted by Gasteiger charge is -2.10. The number of amides is 1. The van der Waals surface area contributed by atoms with Crippen LogP contribution < -0.4 is 5.32 Å². The summed E-state index contributed by atoms with van der Waals surface area (Å²) >= 11 is 1.69. The average Bonchev–Trinajstić information content (AvgIpc) is 3.46. The van der Waals surface area contributed by atoms with Crippen LogP contribution in [-0.2, 0) is 0 Å². The van der Waals surface area contributed by atoms with Crippen molar-refractivity contribution in [2.45, 2.75) is 23.7 Å². The van der Waals surface area contributed by atoms with Crippen LogP contribution in [0.25, 0.3) is 10.9 Å². The highest BCUT2D eigenvalue weighted by molar-refractivity contribution is 7.98. The van der Waals surface area contributed by atoms with Gasteiger partial charge in [-0.05, 0) is 55.5 Å². The number of rotatable bonds is 4. The molecule has 1 N–H and O–H groups in total. The molecule has 3 aromatic rings. The number of benzene rings is 2. The second-order valence-electron chi connectivity index (χ2n) is 6.07. The van der Waals surface area contributed by atoms with Crippen molar-refractivity contribution in [2.75, 3.05) is 11.6 Å². The Morgan fingerprint density at radius 2 is 1.88 bits per heavy atom. The zero-order valence-electron chi connectivity index (χ0n) is 13.5. The third kappa shape index (κ3) is 3.02. The number of anilines is 1. The fourth-order valence-corrected chi connectivity index (χ4v) is 3.25. The topological polar surface area (TPSA) is 42.0 Å². The van der Waals surface area contributed by atoms with Crippen LogP contribution >= 0.6 is 11.8 Å². The maximum Gasteiger partial charge on any atom is 0.256 e. The van der Waals surface area contributed by atoms with Crippen molar-refractivity contribution >= 4 is 34.3 Å². The number of nitrogens with zero attached hydrogens (tertiary/aromatic N) is 1. The minimum absolute atomic E-state index is 0.0765. The molecule has 0 atom stereocenters. The highest BCUT2D eigenvalue weighted by atomic mass is 32.2. The fraction of sp³-hybridized carbons (Fsp3) is 0.200. The van der Waals surface area contributed by atoms with E-state index in [-0.39, 0.29) is 5.91 Å². The molecular weight excluding hydrogens is 316 g/mol. The Kier molecular flexibility index (Phi) is 3.98. The summed E-state index contributed by atoms with van der Waals surface area (Å²) in [5, 5.41) is 3.92. The van der Waals surface area contributed by atoms with Crippen LogP contribution in [-0.4, -0.2) is 17.1 Å². The molecule has 1 aliphatic carbocycles. The van der Waals surface area contributed by atoms with Crippen LogP contribution in [0.4, 0.5) is 5.69 Å². The minimum atomic E-state index is -0.0765. The first kappa shape index (κ1) is 15.2. The molecule has 1 amide bonds. The summed E-state index contributed by atoms with van der Waals surface area (Å²) in [7, 11) is 0.